The van der Waals surface area contributed by atoms with E-state index in [0.29, 0.717) is 24.2 Å². The topological polar surface area (TPSA) is 52.6 Å². The lowest BCUT2D eigenvalue weighted by Gasteiger charge is -2.55. The summed E-state index contributed by atoms with van der Waals surface area (Å²) in [5.41, 5.74) is -4.76. The Kier molecular flexibility index (Phi) is 5.93. The van der Waals surface area contributed by atoms with Crippen molar-refractivity contribution in [3.8, 4) is 0 Å². The number of halogens is 3. The van der Waals surface area contributed by atoms with E-state index in [4.69, 9.17) is 4.74 Å². The molecule has 0 radical (unpaired) electrons. The summed E-state index contributed by atoms with van der Waals surface area (Å²) in [4.78, 5) is 13.0. The zero-order valence-corrected chi connectivity index (χ0v) is 16.9. The van der Waals surface area contributed by atoms with Gasteiger partial charge in [-0.05, 0) is 101 Å². The SMILES string of the molecule is O=C(OC1CCC(CCN([O-])SC(F)(F)F)CC1)C12CC3CC(CC(C3)C1)C2. The number of carbonyl (C=O) groups is 1. The number of carbonyl (C=O) groups excluding carboxylic acids is 1. The van der Waals surface area contributed by atoms with Crippen molar-refractivity contribution in [1.82, 2.24) is 4.47 Å². The maximum absolute atomic E-state index is 13.0. The molecule has 0 aliphatic heterocycles. The number of hydroxylamine groups is 1. The Bertz CT molecular complexity index is 542. The second-order valence-electron chi connectivity index (χ2n) is 9.63. The Hall–Kier alpha value is -0.470. The molecule has 0 amide bonds. The Morgan fingerprint density at radius 2 is 1.57 bits per heavy atom. The molecule has 8 heteroatoms. The van der Waals surface area contributed by atoms with Crippen LogP contribution in [0, 0.1) is 34.3 Å². The van der Waals surface area contributed by atoms with Crippen LogP contribution in [-0.2, 0) is 9.53 Å². The van der Waals surface area contributed by atoms with Crippen LogP contribution in [0.1, 0.15) is 70.6 Å². The second-order valence-corrected chi connectivity index (χ2v) is 10.7. The van der Waals surface area contributed by atoms with E-state index in [1.54, 1.807) is 0 Å². The van der Waals surface area contributed by atoms with E-state index in [1.807, 2.05) is 0 Å². The zero-order valence-electron chi connectivity index (χ0n) is 16.1. The maximum atomic E-state index is 13.0. The number of hydrogen-bond acceptors (Lipinski definition) is 5. The second kappa shape index (κ2) is 7.99. The molecule has 0 aromatic carbocycles. The quantitative estimate of drug-likeness (QED) is 0.315. The predicted octanol–water partition coefficient (Wildman–Crippen LogP) is 5.66. The number of nitrogens with zero attached hydrogens (tertiary/aromatic N) is 1. The van der Waals surface area contributed by atoms with Crippen molar-refractivity contribution in [2.75, 3.05) is 6.54 Å². The molecule has 4 bridgehead atoms. The number of hydrogen-bond donors (Lipinski definition) is 0. The fraction of sp³-hybridized carbons (Fsp3) is 0.950. The molecule has 0 unspecified atom stereocenters. The molecule has 160 valence electrons. The Labute approximate surface area is 168 Å². The van der Waals surface area contributed by atoms with Crippen molar-refractivity contribution in [2.24, 2.45) is 29.1 Å². The molecule has 0 heterocycles. The average molecular weight is 421 g/mol. The van der Waals surface area contributed by atoms with Crippen LogP contribution in [0.2, 0.25) is 0 Å². The summed E-state index contributed by atoms with van der Waals surface area (Å²) in [5.74, 6) is 2.37. The van der Waals surface area contributed by atoms with Gasteiger partial charge in [0.05, 0.1) is 5.41 Å². The van der Waals surface area contributed by atoms with Gasteiger partial charge in [0.15, 0.2) is 0 Å². The molecule has 0 N–H and O–H groups in total. The smallest absolute Gasteiger partial charge is 0.455 e. The van der Waals surface area contributed by atoms with Gasteiger partial charge in [-0.15, -0.1) is 0 Å². The van der Waals surface area contributed by atoms with Crippen LogP contribution in [0.3, 0.4) is 0 Å². The monoisotopic (exact) mass is 420 g/mol. The lowest BCUT2D eigenvalue weighted by Crippen LogP contribution is -2.51. The van der Waals surface area contributed by atoms with E-state index in [2.05, 4.69) is 0 Å². The number of esters is 1. The zero-order chi connectivity index (χ0) is 19.9. The minimum Gasteiger partial charge on any atom is -0.775 e. The normalized spacial score (nSPS) is 40.1. The lowest BCUT2D eigenvalue weighted by atomic mass is 9.49. The fourth-order valence-electron chi connectivity index (χ4n) is 6.62. The van der Waals surface area contributed by atoms with Gasteiger partial charge >= 0.3 is 11.5 Å². The molecule has 0 aromatic heterocycles. The van der Waals surface area contributed by atoms with Gasteiger partial charge < -0.3 is 14.4 Å². The molecule has 0 saturated heterocycles. The van der Waals surface area contributed by atoms with E-state index in [-0.39, 0.29) is 34.4 Å². The van der Waals surface area contributed by atoms with Crippen molar-refractivity contribution < 1.29 is 22.7 Å². The first-order chi connectivity index (χ1) is 13.2. The summed E-state index contributed by atoms with van der Waals surface area (Å²) in [7, 11) is 0. The third-order valence-corrected chi connectivity index (χ3v) is 8.06. The van der Waals surface area contributed by atoms with Crippen LogP contribution in [0.4, 0.5) is 13.2 Å². The number of ether oxygens (including phenoxy) is 1. The standard InChI is InChI=1S/C20H29F3NO3S/c21-20(22,23)28-24(26)6-5-13-1-3-17(4-2-13)27-18(25)19-10-14-7-15(11-19)9-16(8-14)12-19/h13-17H,1-12H2/q-1. The maximum Gasteiger partial charge on any atom is 0.455 e. The molecule has 5 aliphatic carbocycles. The summed E-state index contributed by atoms with van der Waals surface area (Å²) in [6.45, 7) is -0.118. The average Bonchev–Trinajstić information content (AvgIpc) is 2.58. The first-order valence-electron chi connectivity index (χ1n) is 10.6. The molecule has 0 spiro atoms. The van der Waals surface area contributed by atoms with Gasteiger partial charge in [-0.2, -0.15) is 13.2 Å². The van der Waals surface area contributed by atoms with Gasteiger partial charge in [-0.25, -0.2) is 0 Å². The third kappa shape index (κ3) is 4.81. The predicted molar refractivity (Wildman–Crippen MR) is 101 cm³/mol. The summed E-state index contributed by atoms with van der Waals surface area (Å²) in [6, 6.07) is 0. The molecule has 5 rings (SSSR count). The van der Waals surface area contributed by atoms with Crippen LogP contribution in [-0.4, -0.2) is 28.6 Å². The molecule has 5 fully saturated rings. The van der Waals surface area contributed by atoms with Crippen LogP contribution in [0.15, 0.2) is 0 Å². The Balaban J connectivity index is 1.20. The summed E-state index contributed by atoms with van der Waals surface area (Å²) in [5, 5.41) is 11.3. The van der Waals surface area contributed by atoms with Gasteiger partial charge in [-0.3, -0.25) is 4.79 Å². The highest BCUT2D eigenvalue weighted by Crippen LogP contribution is 2.60. The van der Waals surface area contributed by atoms with Crippen LogP contribution in [0.25, 0.3) is 0 Å². The highest BCUT2D eigenvalue weighted by atomic mass is 32.2. The van der Waals surface area contributed by atoms with Gasteiger partial charge in [-0.1, -0.05) is 0 Å². The van der Waals surface area contributed by atoms with Gasteiger partial charge in [0.1, 0.15) is 6.10 Å². The van der Waals surface area contributed by atoms with Crippen molar-refractivity contribution in [3.05, 3.63) is 5.21 Å². The molecule has 4 nitrogen and oxygen atoms in total. The molecule has 28 heavy (non-hydrogen) atoms. The van der Waals surface area contributed by atoms with Crippen LogP contribution in [0.5, 0.6) is 0 Å². The van der Waals surface area contributed by atoms with E-state index < -0.39 is 17.5 Å². The number of alkyl halides is 3. The summed E-state index contributed by atoms with van der Waals surface area (Å²) in [6.07, 6.45) is 10.4. The highest BCUT2D eigenvalue weighted by Gasteiger charge is 2.55. The molecule has 0 atom stereocenters. The minimum atomic E-state index is -4.52. The van der Waals surface area contributed by atoms with Crippen molar-refractivity contribution in [3.63, 3.8) is 0 Å². The van der Waals surface area contributed by atoms with E-state index >= 15 is 0 Å². The van der Waals surface area contributed by atoms with E-state index in [1.165, 1.54) is 19.3 Å². The molecule has 0 aromatic rings. The van der Waals surface area contributed by atoms with Gasteiger partial charge in [0.25, 0.3) is 0 Å². The van der Waals surface area contributed by atoms with Crippen molar-refractivity contribution >= 4 is 17.9 Å². The third-order valence-electron chi connectivity index (χ3n) is 7.46. The van der Waals surface area contributed by atoms with Crippen molar-refractivity contribution in [2.45, 2.75) is 82.2 Å². The lowest BCUT2D eigenvalue weighted by molar-refractivity contribution is -0.178. The van der Waals surface area contributed by atoms with Crippen molar-refractivity contribution in [1.29, 1.82) is 0 Å². The summed E-state index contributed by atoms with van der Waals surface area (Å²) >= 11 is -0.610. The Morgan fingerprint density at radius 3 is 2.07 bits per heavy atom. The van der Waals surface area contributed by atoms with Gasteiger partial charge in [0, 0.05) is 11.9 Å². The first kappa shape index (κ1) is 20.8. The summed E-state index contributed by atoms with van der Waals surface area (Å²) < 4.78 is 42.5. The number of rotatable bonds is 6. The van der Waals surface area contributed by atoms with Crippen LogP contribution >= 0.6 is 11.9 Å². The van der Waals surface area contributed by atoms with Crippen LogP contribution < -0.4 is 0 Å². The molecular formula is C20H29F3NO3S-. The van der Waals surface area contributed by atoms with E-state index in [0.717, 1.165) is 44.9 Å². The highest BCUT2D eigenvalue weighted by molar-refractivity contribution is 7.97. The minimum absolute atomic E-state index is 0.0161. The Morgan fingerprint density at radius 1 is 1.04 bits per heavy atom. The first-order valence-corrected chi connectivity index (χ1v) is 11.4. The van der Waals surface area contributed by atoms with Gasteiger partial charge in [0.2, 0.25) is 0 Å². The molecule has 5 aliphatic rings. The largest absolute Gasteiger partial charge is 0.775 e. The fourth-order valence-corrected chi connectivity index (χ4v) is 7.05. The molecule has 5 saturated carbocycles. The van der Waals surface area contributed by atoms with E-state index in [9.17, 15) is 23.2 Å². The molecular weight excluding hydrogens is 391 g/mol.